The molecule has 20 heavy (non-hydrogen) atoms. The molecule has 1 N–H and O–H groups in total. The number of benzene rings is 1. The normalized spacial score (nSPS) is 11.2. The lowest BCUT2D eigenvalue weighted by Crippen LogP contribution is -2.19. The van der Waals surface area contributed by atoms with E-state index < -0.39 is 5.97 Å². The lowest BCUT2D eigenvalue weighted by Gasteiger charge is -2.21. The third kappa shape index (κ3) is 2.43. The van der Waals surface area contributed by atoms with Crippen LogP contribution in [0.25, 0.3) is 10.9 Å². The molecule has 0 spiro atoms. The number of aliphatic carboxylic acids is 1. The van der Waals surface area contributed by atoms with E-state index in [0.717, 1.165) is 11.1 Å². The van der Waals surface area contributed by atoms with Crippen molar-refractivity contribution in [1.82, 2.24) is 4.57 Å². The Morgan fingerprint density at radius 1 is 1.40 bits per heavy atom. The van der Waals surface area contributed by atoms with Crippen LogP contribution in [0.5, 0.6) is 0 Å². The number of aryl methyl sites for hydroxylation is 1. The molecule has 0 amide bonds. The number of nitrogens with zero attached hydrogens (tertiary/aromatic N) is 1. The van der Waals surface area contributed by atoms with Gasteiger partial charge in [-0.2, -0.15) is 0 Å². The Morgan fingerprint density at radius 3 is 2.60 bits per heavy atom. The van der Waals surface area contributed by atoms with Crippen LogP contribution in [0.2, 0.25) is 5.02 Å². The van der Waals surface area contributed by atoms with Crippen LogP contribution in [0.15, 0.2) is 23.0 Å². The van der Waals surface area contributed by atoms with E-state index >= 15 is 0 Å². The second-order valence-corrected chi connectivity index (χ2v) is 5.53. The van der Waals surface area contributed by atoms with Crippen molar-refractivity contribution in [3.63, 3.8) is 0 Å². The van der Waals surface area contributed by atoms with Crippen LogP contribution >= 0.6 is 11.6 Å². The first-order valence-corrected chi connectivity index (χ1v) is 6.75. The van der Waals surface area contributed by atoms with Crippen LogP contribution in [0, 0.1) is 6.92 Å². The summed E-state index contributed by atoms with van der Waals surface area (Å²) in [5, 5.41) is 9.87. The number of hydrogen-bond acceptors (Lipinski definition) is 2. The number of fused-ring (bicyclic) bond motifs is 1. The van der Waals surface area contributed by atoms with Crippen molar-refractivity contribution in [2.24, 2.45) is 0 Å². The fraction of sp³-hybridized carbons (Fsp3) is 0.333. The van der Waals surface area contributed by atoms with Gasteiger partial charge >= 0.3 is 5.97 Å². The third-order valence-corrected chi connectivity index (χ3v) is 3.59. The Kier molecular flexibility index (Phi) is 3.86. The lowest BCUT2D eigenvalue weighted by atomic mass is 10.1. The number of pyridine rings is 1. The molecule has 2 aromatic rings. The van der Waals surface area contributed by atoms with Crippen molar-refractivity contribution in [3.8, 4) is 0 Å². The zero-order valence-corrected chi connectivity index (χ0v) is 12.4. The molecule has 5 heteroatoms. The summed E-state index contributed by atoms with van der Waals surface area (Å²) in [6, 6.07) is 4.95. The molecule has 0 aliphatic heterocycles. The number of carboxylic acids is 1. The number of carbonyl (C=O) groups is 1. The predicted octanol–water partition coefficient (Wildman–Crippen LogP) is 3.17. The first kappa shape index (κ1) is 14.6. The highest BCUT2D eigenvalue weighted by Crippen LogP contribution is 2.27. The van der Waals surface area contributed by atoms with Gasteiger partial charge < -0.3 is 9.67 Å². The second-order valence-electron chi connectivity index (χ2n) is 5.12. The molecule has 1 aromatic heterocycles. The minimum Gasteiger partial charge on any atom is -0.481 e. The highest BCUT2D eigenvalue weighted by Gasteiger charge is 2.17. The summed E-state index contributed by atoms with van der Waals surface area (Å²) in [6.45, 7) is 5.80. The molecular formula is C15H16ClNO3. The smallest absolute Gasteiger partial charge is 0.309 e. The highest BCUT2D eigenvalue weighted by atomic mass is 35.5. The molecule has 4 nitrogen and oxygen atoms in total. The van der Waals surface area contributed by atoms with Gasteiger partial charge in [0.1, 0.15) is 0 Å². The van der Waals surface area contributed by atoms with Crippen LogP contribution < -0.4 is 5.43 Å². The van der Waals surface area contributed by atoms with Crippen LogP contribution in [-0.2, 0) is 11.2 Å². The van der Waals surface area contributed by atoms with E-state index in [-0.39, 0.29) is 17.9 Å². The Bertz CT molecular complexity index is 747. The molecule has 1 heterocycles. The molecule has 0 fully saturated rings. The Morgan fingerprint density at radius 2 is 2.05 bits per heavy atom. The monoisotopic (exact) mass is 293 g/mol. The van der Waals surface area contributed by atoms with Gasteiger partial charge in [0.25, 0.3) is 0 Å². The van der Waals surface area contributed by atoms with Crippen LogP contribution in [0.4, 0.5) is 0 Å². The molecule has 0 radical (unpaired) electrons. The summed E-state index contributed by atoms with van der Waals surface area (Å²) in [6.07, 6.45) is -0.185. The maximum atomic E-state index is 12.2. The first-order valence-electron chi connectivity index (χ1n) is 6.38. The molecule has 0 bridgehead atoms. The highest BCUT2D eigenvalue weighted by molar-refractivity contribution is 6.35. The average Bonchev–Trinajstić information content (AvgIpc) is 2.32. The SMILES string of the molecule is Cc1ccc(Cl)c2c(=O)cc(CC(=O)O)n(C(C)C)c12. The number of hydrogen-bond donors (Lipinski definition) is 1. The molecule has 106 valence electrons. The number of rotatable bonds is 3. The molecule has 0 saturated carbocycles. The predicted molar refractivity (Wildman–Crippen MR) is 79.7 cm³/mol. The van der Waals surface area contributed by atoms with Crippen molar-refractivity contribution in [2.75, 3.05) is 0 Å². The van der Waals surface area contributed by atoms with Gasteiger partial charge in [0.15, 0.2) is 5.43 Å². The van der Waals surface area contributed by atoms with Gasteiger partial charge in [-0.15, -0.1) is 0 Å². The first-order chi connectivity index (χ1) is 9.32. The van der Waals surface area contributed by atoms with E-state index in [4.69, 9.17) is 16.7 Å². The largest absolute Gasteiger partial charge is 0.481 e. The maximum Gasteiger partial charge on any atom is 0.309 e. The summed E-state index contributed by atoms with van der Waals surface area (Å²) in [5.74, 6) is -0.960. The second kappa shape index (κ2) is 5.29. The fourth-order valence-electron chi connectivity index (χ4n) is 2.53. The summed E-state index contributed by atoms with van der Waals surface area (Å²) in [4.78, 5) is 23.2. The molecule has 1 aromatic carbocycles. The lowest BCUT2D eigenvalue weighted by molar-refractivity contribution is -0.136. The van der Waals surface area contributed by atoms with Crippen molar-refractivity contribution in [3.05, 3.63) is 44.7 Å². The number of halogens is 1. The topological polar surface area (TPSA) is 59.3 Å². The maximum absolute atomic E-state index is 12.2. The summed E-state index contributed by atoms with van der Waals surface area (Å²) in [7, 11) is 0. The standard InChI is InChI=1S/C15H16ClNO3/c1-8(2)17-10(7-13(19)20)6-12(18)14-11(16)5-4-9(3)15(14)17/h4-6,8H,7H2,1-3H3,(H,19,20). The molecule has 0 atom stereocenters. The molecule has 2 rings (SSSR count). The van der Waals surface area contributed by atoms with Crippen LogP contribution in [0.3, 0.4) is 0 Å². The van der Waals surface area contributed by atoms with E-state index in [1.807, 2.05) is 31.4 Å². The van der Waals surface area contributed by atoms with Gasteiger partial charge in [-0.3, -0.25) is 9.59 Å². The summed E-state index contributed by atoms with van der Waals surface area (Å²) >= 11 is 6.14. The minimum atomic E-state index is -0.960. The summed E-state index contributed by atoms with van der Waals surface area (Å²) in [5.41, 5.74) is 1.89. The Hall–Kier alpha value is -1.81. The van der Waals surface area contributed by atoms with Crippen molar-refractivity contribution < 1.29 is 9.90 Å². The van der Waals surface area contributed by atoms with Crippen molar-refractivity contribution in [2.45, 2.75) is 33.2 Å². The summed E-state index contributed by atoms with van der Waals surface area (Å²) < 4.78 is 1.88. The van der Waals surface area contributed by atoms with Crippen molar-refractivity contribution in [1.29, 1.82) is 0 Å². The zero-order valence-electron chi connectivity index (χ0n) is 11.6. The van der Waals surface area contributed by atoms with Gasteiger partial charge in [-0.1, -0.05) is 17.7 Å². The van der Waals surface area contributed by atoms with Gasteiger partial charge in [0.2, 0.25) is 0 Å². The number of aromatic nitrogens is 1. The molecule has 0 aliphatic carbocycles. The van der Waals surface area contributed by atoms with Crippen LogP contribution in [-0.4, -0.2) is 15.6 Å². The van der Waals surface area contributed by atoms with Gasteiger partial charge in [0.05, 0.1) is 22.3 Å². The average molecular weight is 294 g/mol. The van der Waals surface area contributed by atoms with Crippen LogP contribution in [0.1, 0.15) is 31.1 Å². The molecular weight excluding hydrogens is 278 g/mol. The van der Waals surface area contributed by atoms with E-state index in [1.165, 1.54) is 6.07 Å². The molecule has 0 unspecified atom stereocenters. The molecule has 0 saturated heterocycles. The zero-order chi connectivity index (χ0) is 15.0. The van der Waals surface area contributed by atoms with Crippen molar-refractivity contribution >= 4 is 28.5 Å². The fourth-order valence-corrected chi connectivity index (χ4v) is 2.78. The quantitative estimate of drug-likeness (QED) is 0.945. The van der Waals surface area contributed by atoms with Gasteiger partial charge in [-0.05, 0) is 32.4 Å². The van der Waals surface area contributed by atoms with E-state index in [1.54, 1.807) is 6.07 Å². The third-order valence-electron chi connectivity index (χ3n) is 3.27. The Balaban J connectivity index is 2.98. The number of carboxylic acid groups (broad SMARTS) is 1. The minimum absolute atomic E-state index is 0.0321. The van der Waals surface area contributed by atoms with Gasteiger partial charge in [0, 0.05) is 17.8 Å². The van der Waals surface area contributed by atoms with E-state index in [0.29, 0.717) is 16.1 Å². The van der Waals surface area contributed by atoms with E-state index in [2.05, 4.69) is 0 Å². The molecule has 0 aliphatic rings. The van der Waals surface area contributed by atoms with Gasteiger partial charge in [-0.25, -0.2) is 0 Å². The Labute approximate surface area is 121 Å². The van der Waals surface area contributed by atoms with E-state index in [9.17, 15) is 9.59 Å².